The Bertz CT molecular complexity index is 510. The number of hydrogen-bond donors (Lipinski definition) is 1. The Morgan fingerprint density at radius 3 is 2.48 bits per heavy atom. The average Bonchev–Trinajstić information content (AvgIpc) is 2.51. The summed E-state index contributed by atoms with van der Waals surface area (Å²) in [6.45, 7) is 4.48. The SMILES string of the molecule is CCCc1ccc(C(=O)O)c(CCCCCOC(=O)OCC)c1. The van der Waals surface area contributed by atoms with Crippen LogP contribution in [0, 0.1) is 0 Å². The van der Waals surface area contributed by atoms with Gasteiger partial charge in [-0.3, -0.25) is 0 Å². The lowest BCUT2D eigenvalue weighted by Crippen LogP contribution is -2.08. The van der Waals surface area contributed by atoms with Crippen LogP contribution < -0.4 is 0 Å². The maximum absolute atomic E-state index is 11.3. The normalized spacial score (nSPS) is 10.3. The molecule has 0 saturated carbocycles. The first-order valence-corrected chi connectivity index (χ1v) is 8.23. The predicted molar refractivity (Wildman–Crippen MR) is 87.9 cm³/mol. The van der Waals surface area contributed by atoms with E-state index in [4.69, 9.17) is 4.74 Å². The molecule has 0 fully saturated rings. The highest BCUT2D eigenvalue weighted by Crippen LogP contribution is 2.17. The van der Waals surface area contributed by atoms with Crippen molar-refractivity contribution in [3.63, 3.8) is 0 Å². The zero-order valence-corrected chi connectivity index (χ0v) is 14.0. The van der Waals surface area contributed by atoms with E-state index in [-0.39, 0.29) is 0 Å². The Morgan fingerprint density at radius 1 is 1.04 bits per heavy atom. The number of aromatic carboxylic acids is 1. The maximum atomic E-state index is 11.3. The second kappa shape index (κ2) is 10.6. The van der Waals surface area contributed by atoms with Gasteiger partial charge in [-0.2, -0.15) is 0 Å². The summed E-state index contributed by atoms with van der Waals surface area (Å²) in [5.41, 5.74) is 2.44. The molecule has 1 rings (SSSR count). The second-order valence-corrected chi connectivity index (χ2v) is 5.39. The molecule has 0 aromatic heterocycles. The van der Waals surface area contributed by atoms with E-state index in [1.165, 1.54) is 5.56 Å². The van der Waals surface area contributed by atoms with Crippen LogP contribution in [0.1, 0.15) is 61.0 Å². The molecule has 23 heavy (non-hydrogen) atoms. The first-order chi connectivity index (χ1) is 11.1. The van der Waals surface area contributed by atoms with Gasteiger partial charge in [-0.05, 0) is 56.2 Å². The van der Waals surface area contributed by atoms with Gasteiger partial charge in [0.25, 0.3) is 0 Å². The summed E-state index contributed by atoms with van der Waals surface area (Å²) >= 11 is 0. The van der Waals surface area contributed by atoms with Gasteiger partial charge >= 0.3 is 12.1 Å². The van der Waals surface area contributed by atoms with Crippen LogP contribution in [0.2, 0.25) is 0 Å². The molecule has 5 nitrogen and oxygen atoms in total. The third kappa shape index (κ3) is 7.17. The Hall–Kier alpha value is -2.04. The summed E-state index contributed by atoms with van der Waals surface area (Å²) in [6.07, 6.45) is 4.57. The smallest absolute Gasteiger partial charge is 0.478 e. The lowest BCUT2D eigenvalue weighted by molar-refractivity contribution is 0.0577. The van der Waals surface area contributed by atoms with Gasteiger partial charge in [0, 0.05) is 0 Å². The molecule has 0 atom stereocenters. The molecule has 0 aliphatic heterocycles. The second-order valence-electron chi connectivity index (χ2n) is 5.39. The van der Waals surface area contributed by atoms with Crippen LogP contribution in [0.4, 0.5) is 4.79 Å². The highest BCUT2D eigenvalue weighted by molar-refractivity contribution is 5.89. The first-order valence-electron chi connectivity index (χ1n) is 8.23. The quantitative estimate of drug-likeness (QED) is 0.515. The highest BCUT2D eigenvalue weighted by atomic mass is 16.7. The number of benzene rings is 1. The Kier molecular flexibility index (Phi) is 8.80. The van der Waals surface area contributed by atoms with Crippen LogP contribution in [0.3, 0.4) is 0 Å². The monoisotopic (exact) mass is 322 g/mol. The highest BCUT2D eigenvalue weighted by Gasteiger charge is 2.10. The molecule has 0 amide bonds. The third-order valence-electron chi connectivity index (χ3n) is 3.51. The summed E-state index contributed by atoms with van der Waals surface area (Å²) in [4.78, 5) is 22.3. The third-order valence-corrected chi connectivity index (χ3v) is 3.51. The van der Waals surface area contributed by atoms with Crippen molar-refractivity contribution >= 4 is 12.1 Å². The fraction of sp³-hybridized carbons (Fsp3) is 0.556. The number of hydrogen-bond acceptors (Lipinski definition) is 4. The molecule has 0 unspecified atom stereocenters. The van der Waals surface area contributed by atoms with Crippen molar-refractivity contribution in [3.05, 3.63) is 34.9 Å². The number of unbranched alkanes of at least 4 members (excludes halogenated alkanes) is 2. The van der Waals surface area contributed by atoms with Crippen molar-refractivity contribution in [1.29, 1.82) is 0 Å². The molecule has 5 heteroatoms. The Balaban J connectivity index is 2.42. The molecule has 1 aromatic rings. The zero-order chi connectivity index (χ0) is 17.1. The van der Waals surface area contributed by atoms with E-state index in [0.717, 1.165) is 44.1 Å². The van der Waals surface area contributed by atoms with Crippen molar-refractivity contribution < 1.29 is 24.2 Å². The number of carbonyl (C=O) groups is 2. The average molecular weight is 322 g/mol. The van der Waals surface area contributed by atoms with Gasteiger partial charge in [-0.1, -0.05) is 25.5 Å². The summed E-state index contributed by atoms with van der Waals surface area (Å²) < 4.78 is 9.56. The van der Waals surface area contributed by atoms with Crippen molar-refractivity contribution in [1.82, 2.24) is 0 Å². The number of carbonyl (C=O) groups excluding carboxylic acids is 1. The van der Waals surface area contributed by atoms with E-state index in [9.17, 15) is 14.7 Å². The van der Waals surface area contributed by atoms with Crippen LogP contribution in [0.15, 0.2) is 18.2 Å². The molecule has 128 valence electrons. The van der Waals surface area contributed by atoms with E-state index in [1.807, 2.05) is 12.1 Å². The molecule has 0 aliphatic rings. The molecule has 0 spiro atoms. The van der Waals surface area contributed by atoms with Gasteiger partial charge in [0.2, 0.25) is 0 Å². The Labute approximate surface area is 137 Å². The van der Waals surface area contributed by atoms with Gasteiger partial charge in [0.15, 0.2) is 0 Å². The van der Waals surface area contributed by atoms with E-state index in [2.05, 4.69) is 11.7 Å². The number of aryl methyl sites for hydroxylation is 2. The lowest BCUT2D eigenvalue weighted by Gasteiger charge is -2.09. The molecule has 1 aromatic carbocycles. The fourth-order valence-corrected chi connectivity index (χ4v) is 2.42. The van der Waals surface area contributed by atoms with Crippen LogP contribution in [0.5, 0.6) is 0 Å². The minimum Gasteiger partial charge on any atom is -0.478 e. The largest absolute Gasteiger partial charge is 0.508 e. The molecule has 0 bridgehead atoms. The van der Waals surface area contributed by atoms with Crippen LogP contribution in [-0.4, -0.2) is 30.4 Å². The van der Waals surface area contributed by atoms with Crippen molar-refractivity contribution in [2.75, 3.05) is 13.2 Å². The number of carboxylic acids is 1. The lowest BCUT2D eigenvalue weighted by atomic mass is 9.97. The molecular formula is C18H26O5. The van der Waals surface area contributed by atoms with Gasteiger partial charge in [0.1, 0.15) is 0 Å². The minimum absolute atomic E-state index is 0.310. The number of carboxylic acid groups (broad SMARTS) is 1. The molecule has 1 N–H and O–H groups in total. The van der Waals surface area contributed by atoms with Crippen molar-refractivity contribution in [3.8, 4) is 0 Å². The maximum Gasteiger partial charge on any atom is 0.508 e. The molecular weight excluding hydrogens is 296 g/mol. The van der Waals surface area contributed by atoms with Crippen molar-refractivity contribution in [2.45, 2.75) is 52.4 Å². The van der Waals surface area contributed by atoms with Gasteiger partial charge in [0.05, 0.1) is 18.8 Å². The fourth-order valence-electron chi connectivity index (χ4n) is 2.42. The first kappa shape index (κ1) is 19.0. The van der Waals surface area contributed by atoms with Crippen LogP contribution in [0.25, 0.3) is 0 Å². The van der Waals surface area contributed by atoms with Gasteiger partial charge in [-0.25, -0.2) is 9.59 Å². The van der Waals surface area contributed by atoms with Gasteiger partial charge < -0.3 is 14.6 Å². The standard InChI is InChI=1S/C18H26O5/c1-3-8-14-10-11-16(17(19)20)15(13-14)9-6-5-7-12-23-18(21)22-4-2/h10-11,13H,3-9,12H2,1-2H3,(H,19,20). The number of rotatable bonds is 10. The number of ether oxygens (including phenoxy) is 2. The van der Waals surface area contributed by atoms with Crippen molar-refractivity contribution in [2.24, 2.45) is 0 Å². The van der Waals surface area contributed by atoms with E-state index >= 15 is 0 Å². The molecule has 0 radical (unpaired) electrons. The Morgan fingerprint density at radius 2 is 1.83 bits per heavy atom. The zero-order valence-electron chi connectivity index (χ0n) is 14.0. The van der Waals surface area contributed by atoms with E-state index < -0.39 is 12.1 Å². The summed E-state index contributed by atoms with van der Waals surface area (Å²) in [5.74, 6) is -0.881. The van der Waals surface area contributed by atoms with E-state index in [1.54, 1.807) is 13.0 Å². The summed E-state index contributed by atoms with van der Waals surface area (Å²) in [7, 11) is 0. The van der Waals surface area contributed by atoms with Gasteiger partial charge in [-0.15, -0.1) is 0 Å². The van der Waals surface area contributed by atoms with Crippen LogP contribution >= 0.6 is 0 Å². The molecule has 0 heterocycles. The minimum atomic E-state index is -0.881. The summed E-state index contributed by atoms with van der Waals surface area (Å²) in [6, 6.07) is 5.60. The topological polar surface area (TPSA) is 72.8 Å². The predicted octanol–water partition coefficient (Wildman–Crippen LogP) is 4.22. The van der Waals surface area contributed by atoms with E-state index in [0.29, 0.717) is 18.8 Å². The van der Waals surface area contributed by atoms with Crippen LogP contribution in [-0.2, 0) is 22.3 Å². The summed E-state index contributed by atoms with van der Waals surface area (Å²) in [5, 5.41) is 9.27. The molecule has 0 aliphatic carbocycles. The molecule has 0 saturated heterocycles.